The smallest absolute Gasteiger partial charge is 0.119 e. The lowest BCUT2D eigenvalue weighted by Gasteiger charge is -2.23. The first kappa shape index (κ1) is 12.5. The van der Waals surface area contributed by atoms with Crippen LogP contribution in [0.4, 0.5) is 0 Å². The summed E-state index contributed by atoms with van der Waals surface area (Å²) in [5, 5.41) is 10.0. The van der Waals surface area contributed by atoms with Gasteiger partial charge in [-0.05, 0) is 48.8 Å². The van der Waals surface area contributed by atoms with Crippen molar-refractivity contribution in [3.05, 3.63) is 29.3 Å². The molecule has 0 radical (unpaired) electrons. The van der Waals surface area contributed by atoms with Crippen LogP contribution in [0.1, 0.15) is 68.9 Å². The lowest BCUT2D eigenvalue weighted by Crippen LogP contribution is -2.05. The molecular formula is C16H24O. The number of rotatable bonds is 4. The second-order valence-electron chi connectivity index (χ2n) is 5.33. The van der Waals surface area contributed by atoms with Crippen molar-refractivity contribution < 1.29 is 5.11 Å². The van der Waals surface area contributed by atoms with E-state index in [0.29, 0.717) is 11.7 Å². The van der Waals surface area contributed by atoms with E-state index in [-0.39, 0.29) is 0 Å². The average Bonchev–Trinajstić information content (AvgIpc) is 2.39. The van der Waals surface area contributed by atoms with Gasteiger partial charge in [0, 0.05) is 0 Å². The monoisotopic (exact) mass is 232 g/mol. The molecule has 1 saturated carbocycles. The summed E-state index contributed by atoms with van der Waals surface area (Å²) in [6, 6.07) is 6.23. The third-order valence-electron chi connectivity index (χ3n) is 3.96. The van der Waals surface area contributed by atoms with Gasteiger partial charge >= 0.3 is 0 Å². The van der Waals surface area contributed by atoms with E-state index in [2.05, 4.69) is 19.1 Å². The number of unbranched alkanes of at least 4 members (excludes halogenated alkanes) is 1. The first-order chi connectivity index (χ1) is 8.31. The molecule has 0 aliphatic heterocycles. The minimum atomic E-state index is 0.511. The van der Waals surface area contributed by atoms with Crippen LogP contribution >= 0.6 is 0 Å². The summed E-state index contributed by atoms with van der Waals surface area (Å²) in [7, 11) is 0. The van der Waals surface area contributed by atoms with Gasteiger partial charge in [-0.25, -0.2) is 0 Å². The Labute approximate surface area is 105 Å². The maximum absolute atomic E-state index is 10.0. The normalized spacial score (nSPS) is 17.2. The van der Waals surface area contributed by atoms with Crippen molar-refractivity contribution in [2.45, 2.75) is 64.2 Å². The number of phenols is 1. The lowest BCUT2D eigenvalue weighted by molar-refractivity contribution is 0.414. The van der Waals surface area contributed by atoms with Gasteiger partial charge in [-0.15, -0.1) is 0 Å². The molecule has 0 saturated heterocycles. The number of phenolic OH excluding ortho intramolecular Hbond substituents is 1. The predicted molar refractivity (Wildman–Crippen MR) is 72.5 cm³/mol. The molecular weight excluding hydrogens is 208 g/mol. The van der Waals surface area contributed by atoms with E-state index < -0.39 is 0 Å². The largest absolute Gasteiger partial charge is 0.508 e. The van der Waals surface area contributed by atoms with Gasteiger partial charge in [-0.3, -0.25) is 0 Å². The van der Waals surface area contributed by atoms with Crippen LogP contribution in [-0.4, -0.2) is 5.11 Å². The second-order valence-corrected chi connectivity index (χ2v) is 5.33. The number of aromatic hydroxyl groups is 1. The summed E-state index contributed by atoms with van der Waals surface area (Å²) in [4.78, 5) is 0. The Balaban J connectivity index is 2.13. The molecule has 0 atom stereocenters. The second kappa shape index (κ2) is 6.09. The van der Waals surface area contributed by atoms with Crippen molar-refractivity contribution >= 4 is 0 Å². The van der Waals surface area contributed by atoms with Crippen molar-refractivity contribution in [3.63, 3.8) is 0 Å². The van der Waals surface area contributed by atoms with Crippen molar-refractivity contribution in [2.75, 3.05) is 0 Å². The highest BCUT2D eigenvalue weighted by Gasteiger charge is 2.18. The Bertz CT molecular complexity index is 351. The van der Waals surface area contributed by atoms with E-state index >= 15 is 0 Å². The summed E-state index contributed by atoms with van der Waals surface area (Å²) in [6.07, 6.45) is 10.2. The van der Waals surface area contributed by atoms with Gasteiger partial charge in [0.25, 0.3) is 0 Å². The van der Waals surface area contributed by atoms with Crippen LogP contribution < -0.4 is 0 Å². The van der Waals surface area contributed by atoms with Crippen molar-refractivity contribution in [3.8, 4) is 5.75 Å². The zero-order valence-corrected chi connectivity index (χ0v) is 10.9. The highest BCUT2D eigenvalue weighted by Crippen LogP contribution is 2.37. The molecule has 17 heavy (non-hydrogen) atoms. The predicted octanol–water partition coefficient (Wildman–Crippen LogP) is 4.78. The molecule has 1 heteroatoms. The zero-order valence-electron chi connectivity index (χ0n) is 10.9. The van der Waals surface area contributed by atoms with Crippen LogP contribution in [0.15, 0.2) is 18.2 Å². The fourth-order valence-corrected chi connectivity index (χ4v) is 2.88. The Hall–Kier alpha value is -0.980. The summed E-state index contributed by atoms with van der Waals surface area (Å²) in [5.74, 6) is 1.11. The van der Waals surface area contributed by atoms with E-state index in [0.717, 1.165) is 6.42 Å². The van der Waals surface area contributed by atoms with Gasteiger partial charge in [0.15, 0.2) is 0 Å². The molecule has 1 fully saturated rings. The van der Waals surface area contributed by atoms with Crippen molar-refractivity contribution in [1.82, 2.24) is 0 Å². The number of hydrogen-bond donors (Lipinski definition) is 1. The Morgan fingerprint density at radius 3 is 2.65 bits per heavy atom. The van der Waals surface area contributed by atoms with E-state index in [1.54, 1.807) is 0 Å². The van der Waals surface area contributed by atoms with Gasteiger partial charge in [0.05, 0.1) is 0 Å². The summed E-state index contributed by atoms with van der Waals surface area (Å²) in [5.41, 5.74) is 2.60. The minimum Gasteiger partial charge on any atom is -0.508 e. The quantitative estimate of drug-likeness (QED) is 0.792. The van der Waals surface area contributed by atoms with E-state index in [1.165, 1.54) is 56.1 Å². The Morgan fingerprint density at radius 1 is 1.18 bits per heavy atom. The number of benzene rings is 1. The minimum absolute atomic E-state index is 0.511. The standard InChI is InChI=1S/C16H24O/c1-2-3-7-13-10-11-16(17)15(12-13)14-8-5-4-6-9-14/h10-12,14,17H,2-9H2,1H3. The van der Waals surface area contributed by atoms with E-state index in [9.17, 15) is 5.11 Å². The number of aryl methyl sites for hydroxylation is 1. The lowest BCUT2D eigenvalue weighted by atomic mass is 9.83. The highest BCUT2D eigenvalue weighted by atomic mass is 16.3. The summed E-state index contributed by atoms with van der Waals surface area (Å²) >= 11 is 0. The fourth-order valence-electron chi connectivity index (χ4n) is 2.88. The molecule has 1 N–H and O–H groups in total. The van der Waals surface area contributed by atoms with E-state index in [4.69, 9.17) is 0 Å². The zero-order chi connectivity index (χ0) is 12.1. The molecule has 1 aliphatic rings. The van der Waals surface area contributed by atoms with Crippen LogP contribution in [0.25, 0.3) is 0 Å². The Morgan fingerprint density at radius 2 is 1.94 bits per heavy atom. The molecule has 2 rings (SSSR count). The average molecular weight is 232 g/mol. The molecule has 0 amide bonds. The molecule has 1 aliphatic carbocycles. The SMILES string of the molecule is CCCCc1ccc(O)c(C2CCCCC2)c1. The first-order valence-electron chi connectivity index (χ1n) is 7.13. The summed E-state index contributed by atoms with van der Waals surface area (Å²) in [6.45, 7) is 2.22. The van der Waals surface area contributed by atoms with Gasteiger partial charge < -0.3 is 5.11 Å². The molecule has 94 valence electrons. The fraction of sp³-hybridized carbons (Fsp3) is 0.625. The van der Waals surface area contributed by atoms with Gasteiger partial charge in [0.2, 0.25) is 0 Å². The third kappa shape index (κ3) is 3.24. The van der Waals surface area contributed by atoms with Crippen molar-refractivity contribution in [1.29, 1.82) is 0 Å². The Kier molecular flexibility index (Phi) is 4.47. The maximum atomic E-state index is 10.0. The third-order valence-corrected chi connectivity index (χ3v) is 3.96. The molecule has 0 unspecified atom stereocenters. The van der Waals surface area contributed by atoms with Crippen LogP contribution in [0.5, 0.6) is 5.75 Å². The van der Waals surface area contributed by atoms with Crippen molar-refractivity contribution in [2.24, 2.45) is 0 Å². The highest BCUT2D eigenvalue weighted by molar-refractivity contribution is 5.39. The molecule has 0 heterocycles. The van der Waals surface area contributed by atoms with Gasteiger partial charge in [-0.2, -0.15) is 0 Å². The van der Waals surface area contributed by atoms with Crippen LogP contribution in [-0.2, 0) is 6.42 Å². The topological polar surface area (TPSA) is 20.2 Å². The molecule has 0 aromatic heterocycles. The number of hydrogen-bond acceptors (Lipinski definition) is 1. The van der Waals surface area contributed by atoms with Gasteiger partial charge in [-0.1, -0.05) is 44.7 Å². The van der Waals surface area contributed by atoms with Crippen LogP contribution in [0, 0.1) is 0 Å². The van der Waals surface area contributed by atoms with Gasteiger partial charge in [0.1, 0.15) is 5.75 Å². The van der Waals surface area contributed by atoms with E-state index in [1.807, 2.05) is 6.07 Å². The first-order valence-corrected chi connectivity index (χ1v) is 7.13. The molecule has 0 spiro atoms. The molecule has 1 aromatic carbocycles. The summed E-state index contributed by atoms with van der Waals surface area (Å²) < 4.78 is 0. The molecule has 1 aromatic rings. The molecule has 0 bridgehead atoms. The van der Waals surface area contributed by atoms with Crippen LogP contribution in [0.3, 0.4) is 0 Å². The molecule has 1 nitrogen and oxygen atoms in total. The van der Waals surface area contributed by atoms with Crippen LogP contribution in [0.2, 0.25) is 0 Å². The maximum Gasteiger partial charge on any atom is 0.119 e.